The van der Waals surface area contributed by atoms with Gasteiger partial charge in [-0.05, 0) is 55.9 Å². The van der Waals surface area contributed by atoms with Gasteiger partial charge >= 0.3 is 0 Å². The number of ketones is 1. The van der Waals surface area contributed by atoms with Crippen LogP contribution in [-0.4, -0.2) is 29.2 Å². The number of nitrogens with zero attached hydrogens (tertiary/aromatic N) is 2. The molecule has 23 heavy (non-hydrogen) atoms. The Labute approximate surface area is 135 Å². The molecule has 4 nitrogen and oxygen atoms in total. The van der Waals surface area contributed by atoms with Crippen LogP contribution >= 0.6 is 0 Å². The second-order valence-corrected chi connectivity index (χ2v) is 6.70. The molecule has 118 valence electrons. The molecule has 0 unspecified atom stereocenters. The summed E-state index contributed by atoms with van der Waals surface area (Å²) < 4.78 is 5.46. The van der Waals surface area contributed by atoms with Gasteiger partial charge in [-0.1, -0.05) is 12.1 Å². The fraction of sp³-hybridized carbons (Fsp3) is 0.421. The molecule has 0 N–H and O–H groups in total. The quantitative estimate of drug-likeness (QED) is 0.852. The van der Waals surface area contributed by atoms with Gasteiger partial charge in [0.1, 0.15) is 0 Å². The molecule has 2 aliphatic rings. The standard InChI is InChI=1S/C19H20N2O2/c1-23-15-6-8-19(9-7-15)12-14-5-4-13(11-16(14)18(19)22)17-3-2-10-20-21-17/h2-5,10-11,15H,6-9,12H2,1H3. The Kier molecular flexibility index (Phi) is 3.49. The average Bonchev–Trinajstić information content (AvgIpc) is 2.88. The van der Waals surface area contributed by atoms with Gasteiger partial charge in [0, 0.05) is 29.8 Å². The molecule has 1 heterocycles. The van der Waals surface area contributed by atoms with Gasteiger partial charge in [0.25, 0.3) is 0 Å². The Morgan fingerprint density at radius 2 is 2.04 bits per heavy atom. The first-order valence-corrected chi connectivity index (χ1v) is 8.20. The number of aromatic nitrogens is 2. The minimum Gasteiger partial charge on any atom is -0.381 e. The van der Waals surface area contributed by atoms with E-state index < -0.39 is 0 Å². The second-order valence-electron chi connectivity index (χ2n) is 6.70. The third-order valence-corrected chi connectivity index (χ3v) is 5.46. The number of rotatable bonds is 2. The lowest BCUT2D eigenvalue weighted by Gasteiger charge is -2.35. The van der Waals surface area contributed by atoms with Crippen molar-refractivity contribution >= 4 is 5.78 Å². The van der Waals surface area contributed by atoms with Gasteiger partial charge in [0.05, 0.1) is 11.8 Å². The second kappa shape index (κ2) is 5.53. The summed E-state index contributed by atoms with van der Waals surface area (Å²) in [6.07, 6.45) is 6.66. The largest absolute Gasteiger partial charge is 0.381 e. The average molecular weight is 308 g/mol. The Bertz CT molecular complexity index is 734. The van der Waals surface area contributed by atoms with Crippen LogP contribution in [0.1, 0.15) is 41.6 Å². The van der Waals surface area contributed by atoms with Crippen molar-refractivity contribution in [1.82, 2.24) is 10.2 Å². The molecule has 4 heteroatoms. The third kappa shape index (κ3) is 2.38. The van der Waals surface area contributed by atoms with Crippen LogP contribution in [0.2, 0.25) is 0 Å². The first-order chi connectivity index (χ1) is 11.2. The maximum Gasteiger partial charge on any atom is 0.169 e. The highest BCUT2D eigenvalue weighted by atomic mass is 16.5. The third-order valence-electron chi connectivity index (χ3n) is 5.46. The fourth-order valence-electron chi connectivity index (χ4n) is 4.07. The summed E-state index contributed by atoms with van der Waals surface area (Å²) in [5.41, 5.74) is 3.64. The van der Waals surface area contributed by atoms with Crippen molar-refractivity contribution in [3.8, 4) is 11.3 Å². The molecule has 0 aliphatic heterocycles. The van der Waals surface area contributed by atoms with Crippen molar-refractivity contribution < 1.29 is 9.53 Å². The smallest absolute Gasteiger partial charge is 0.169 e. The van der Waals surface area contributed by atoms with Crippen LogP contribution in [-0.2, 0) is 11.2 Å². The highest BCUT2D eigenvalue weighted by molar-refractivity contribution is 6.05. The van der Waals surface area contributed by atoms with E-state index in [1.54, 1.807) is 13.3 Å². The summed E-state index contributed by atoms with van der Waals surface area (Å²) in [5, 5.41) is 8.07. The number of fused-ring (bicyclic) bond motifs is 1. The molecular weight excluding hydrogens is 288 g/mol. The predicted molar refractivity (Wildman–Crippen MR) is 87.2 cm³/mol. The molecule has 1 aromatic heterocycles. The molecule has 0 radical (unpaired) electrons. The van der Waals surface area contributed by atoms with Crippen LogP contribution in [0, 0.1) is 5.41 Å². The zero-order chi connectivity index (χ0) is 15.9. The van der Waals surface area contributed by atoms with E-state index in [0.29, 0.717) is 11.9 Å². The molecule has 2 aromatic rings. The summed E-state index contributed by atoms with van der Waals surface area (Å²) in [6.45, 7) is 0. The number of benzene rings is 1. The molecule has 0 atom stereocenters. The van der Waals surface area contributed by atoms with Gasteiger partial charge in [-0.2, -0.15) is 10.2 Å². The van der Waals surface area contributed by atoms with Gasteiger partial charge in [-0.15, -0.1) is 0 Å². The number of carbonyl (C=O) groups is 1. The molecule has 1 saturated carbocycles. The summed E-state index contributed by atoms with van der Waals surface area (Å²) >= 11 is 0. The van der Waals surface area contributed by atoms with Crippen molar-refractivity contribution in [2.24, 2.45) is 5.41 Å². The monoisotopic (exact) mass is 308 g/mol. The number of hydrogen-bond donors (Lipinski definition) is 0. The van der Waals surface area contributed by atoms with E-state index >= 15 is 0 Å². The zero-order valence-electron chi connectivity index (χ0n) is 13.3. The van der Waals surface area contributed by atoms with E-state index in [9.17, 15) is 4.79 Å². The van der Waals surface area contributed by atoms with E-state index in [1.807, 2.05) is 18.2 Å². The first-order valence-electron chi connectivity index (χ1n) is 8.20. The van der Waals surface area contributed by atoms with Crippen LogP contribution in [0.25, 0.3) is 11.3 Å². The van der Waals surface area contributed by atoms with Gasteiger partial charge in [0.2, 0.25) is 0 Å². The molecule has 2 aliphatic carbocycles. The minimum absolute atomic E-state index is 0.196. The van der Waals surface area contributed by atoms with Crippen molar-refractivity contribution in [2.45, 2.75) is 38.2 Å². The van der Waals surface area contributed by atoms with Crippen LogP contribution in [0.4, 0.5) is 0 Å². The van der Waals surface area contributed by atoms with Crippen LogP contribution in [0.3, 0.4) is 0 Å². The Morgan fingerprint density at radius 1 is 1.22 bits per heavy atom. The molecule has 1 aromatic carbocycles. The lowest BCUT2D eigenvalue weighted by Crippen LogP contribution is -2.35. The number of ether oxygens (including phenoxy) is 1. The van der Waals surface area contributed by atoms with E-state index in [-0.39, 0.29) is 5.41 Å². The van der Waals surface area contributed by atoms with Crippen molar-refractivity contribution in [3.63, 3.8) is 0 Å². The SMILES string of the molecule is COC1CCC2(CC1)Cc1ccc(-c3cccnn3)cc1C2=O. The van der Waals surface area contributed by atoms with Gasteiger partial charge in [-0.25, -0.2) is 0 Å². The number of methoxy groups -OCH3 is 1. The summed E-state index contributed by atoms with van der Waals surface area (Å²) in [7, 11) is 1.76. The molecule has 4 rings (SSSR count). The number of carbonyl (C=O) groups excluding carboxylic acids is 1. The molecule has 0 bridgehead atoms. The highest BCUT2D eigenvalue weighted by Gasteiger charge is 2.47. The van der Waals surface area contributed by atoms with Gasteiger partial charge in [-0.3, -0.25) is 4.79 Å². The lowest BCUT2D eigenvalue weighted by molar-refractivity contribution is 0.0285. The van der Waals surface area contributed by atoms with Crippen molar-refractivity contribution in [1.29, 1.82) is 0 Å². The van der Waals surface area contributed by atoms with Crippen molar-refractivity contribution in [3.05, 3.63) is 47.7 Å². The van der Waals surface area contributed by atoms with E-state index in [2.05, 4.69) is 22.3 Å². The van der Waals surface area contributed by atoms with Gasteiger partial charge < -0.3 is 4.74 Å². The molecule has 1 fully saturated rings. The number of Topliss-reactive ketones (excluding diaryl/α,β-unsaturated/α-hetero) is 1. The number of hydrogen-bond acceptors (Lipinski definition) is 4. The van der Waals surface area contributed by atoms with E-state index in [4.69, 9.17) is 4.74 Å². The minimum atomic E-state index is -0.196. The normalized spacial score (nSPS) is 26.5. The Balaban J connectivity index is 1.65. The van der Waals surface area contributed by atoms with Crippen LogP contribution < -0.4 is 0 Å². The predicted octanol–water partition coefficient (Wildman–Crippen LogP) is 3.46. The van der Waals surface area contributed by atoms with E-state index in [0.717, 1.165) is 48.9 Å². The topological polar surface area (TPSA) is 52.1 Å². The summed E-state index contributed by atoms with van der Waals surface area (Å²) in [6, 6.07) is 9.93. The Morgan fingerprint density at radius 3 is 2.74 bits per heavy atom. The van der Waals surface area contributed by atoms with Crippen LogP contribution in [0.15, 0.2) is 36.5 Å². The summed E-state index contributed by atoms with van der Waals surface area (Å²) in [4.78, 5) is 13.1. The maximum atomic E-state index is 13.1. The molecule has 0 saturated heterocycles. The molecular formula is C19H20N2O2. The van der Waals surface area contributed by atoms with Crippen molar-refractivity contribution in [2.75, 3.05) is 7.11 Å². The summed E-state index contributed by atoms with van der Waals surface area (Å²) in [5.74, 6) is 0.313. The lowest BCUT2D eigenvalue weighted by atomic mass is 9.70. The fourth-order valence-corrected chi connectivity index (χ4v) is 4.07. The van der Waals surface area contributed by atoms with Gasteiger partial charge in [0.15, 0.2) is 5.78 Å². The first kappa shape index (κ1) is 14.5. The highest BCUT2D eigenvalue weighted by Crippen LogP contribution is 2.48. The Hall–Kier alpha value is -2.07. The van der Waals surface area contributed by atoms with Crippen LogP contribution in [0.5, 0.6) is 0 Å². The molecule has 0 amide bonds. The zero-order valence-corrected chi connectivity index (χ0v) is 13.3. The maximum absolute atomic E-state index is 13.1. The van der Waals surface area contributed by atoms with E-state index in [1.165, 1.54) is 5.56 Å². The molecule has 1 spiro atoms.